The van der Waals surface area contributed by atoms with Gasteiger partial charge in [-0.1, -0.05) is 30.7 Å². The van der Waals surface area contributed by atoms with Gasteiger partial charge >= 0.3 is 0 Å². The molecule has 1 aromatic rings. The van der Waals surface area contributed by atoms with Crippen molar-refractivity contribution in [2.75, 3.05) is 6.54 Å². The van der Waals surface area contributed by atoms with Crippen LogP contribution in [-0.2, 0) is 10.2 Å². The lowest BCUT2D eigenvalue weighted by Gasteiger charge is -2.43. The van der Waals surface area contributed by atoms with E-state index < -0.39 is 0 Å². The van der Waals surface area contributed by atoms with Gasteiger partial charge in [-0.2, -0.15) is 0 Å². The van der Waals surface area contributed by atoms with Crippen LogP contribution >= 0.6 is 12.4 Å². The van der Waals surface area contributed by atoms with Gasteiger partial charge in [0.2, 0.25) is 5.91 Å². The summed E-state index contributed by atoms with van der Waals surface area (Å²) in [5, 5.41) is 3.31. The van der Waals surface area contributed by atoms with Gasteiger partial charge < -0.3 is 11.1 Å². The zero-order chi connectivity index (χ0) is 16.7. The van der Waals surface area contributed by atoms with Crippen molar-refractivity contribution in [3.05, 3.63) is 35.4 Å². The average molecular weight is 363 g/mol. The van der Waals surface area contributed by atoms with Crippen LogP contribution in [0.25, 0.3) is 0 Å². The van der Waals surface area contributed by atoms with Crippen molar-refractivity contribution >= 4 is 18.3 Å². The topological polar surface area (TPSA) is 55.1 Å². The number of aryl methyl sites for hydroxylation is 1. The van der Waals surface area contributed by atoms with Gasteiger partial charge in [-0.15, -0.1) is 12.4 Å². The molecule has 0 radical (unpaired) electrons. The number of hydrogen-bond acceptors (Lipinski definition) is 2. The molecule has 3 aliphatic carbocycles. The summed E-state index contributed by atoms with van der Waals surface area (Å²) in [7, 11) is 0. The number of halogens is 1. The van der Waals surface area contributed by atoms with Gasteiger partial charge in [-0.05, 0) is 68.4 Å². The minimum absolute atomic E-state index is 0. The van der Waals surface area contributed by atoms with Crippen LogP contribution in [0.4, 0.5) is 0 Å². The molecule has 3 N–H and O–H groups in total. The molecule has 4 rings (SSSR count). The summed E-state index contributed by atoms with van der Waals surface area (Å²) >= 11 is 0. The van der Waals surface area contributed by atoms with Crippen LogP contribution in [0, 0.1) is 24.7 Å². The summed E-state index contributed by atoms with van der Waals surface area (Å²) in [4.78, 5) is 12.8. The molecule has 25 heavy (non-hydrogen) atoms. The smallest absolute Gasteiger partial charge is 0.223 e. The van der Waals surface area contributed by atoms with Crippen LogP contribution < -0.4 is 11.1 Å². The van der Waals surface area contributed by atoms with E-state index in [1.165, 1.54) is 43.2 Å². The van der Waals surface area contributed by atoms with Crippen LogP contribution in [0.3, 0.4) is 0 Å². The second-order valence-electron chi connectivity index (χ2n) is 8.51. The van der Waals surface area contributed by atoms with E-state index in [1.54, 1.807) is 0 Å². The first-order chi connectivity index (χ1) is 11.6. The zero-order valence-electron chi connectivity index (χ0n) is 15.2. The predicted octanol–water partition coefficient (Wildman–Crippen LogP) is 3.72. The SMILES string of the molecule is Cc1ccccc1C1(CNC(=O)C2CC3CCCC(C2)C3N)CC1.Cl. The molecule has 1 aromatic carbocycles. The van der Waals surface area contributed by atoms with E-state index in [2.05, 4.69) is 36.5 Å². The number of nitrogens with one attached hydrogen (secondary N) is 1. The van der Waals surface area contributed by atoms with Crippen LogP contribution in [0.15, 0.2) is 24.3 Å². The highest BCUT2D eigenvalue weighted by Gasteiger charge is 2.46. The van der Waals surface area contributed by atoms with Crippen LogP contribution in [0.2, 0.25) is 0 Å². The van der Waals surface area contributed by atoms with Crippen molar-refractivity contribution in [2.45, 2.75) is 63.3 Å². The molecule has 3 saturated carbocycles. The maximum Gasteiger partial charge on any atom is 0.223 e. The van der Waals surface area contributed by atoms with E-state index in [9.17, 15) is 4.79 Å². The molecule has 2 unspecified atom stereocenters. The quantitative estimate of drug-likeness (QED) is 0.857. The summed E-state index contributed by atoms with van der Waals surface area (Å²) in [5.74, 6) is 1.60. The standard InChI is InChI=1S/C21H30N2O.ClH/c1-14-5-2-3-8-18(14)21(9-10-21)13-23-20(24)17-11-15-6-4-7-16(12-17)19(15)22;/h2-3,5,8,15-17,19H,4,6-7,9-13,22H2,1H3,(H,23,24);1H. The van der Waals surface area contributed by atoms with Gasteiger partial charge in [0.25, 0.3) is 0 Å². The summed E-state index contributed by atoms with van der Waals surface area (Å²) < 4.78 is 0. The Morgan fingerprint density at radius 2 is 1.84 bits per heavy atom. The lowest BCUT2D eigenvalue weighted by molar-refractivity contribution is -0.128. The number of nitrogens with two attached hydrogens (primary N) is 1. The van der Waals surface area contributed by atoms with Gasteiger partial charge in [0.05, 0.1) is 0 Å². The van der Waals surface area contributed by atoms with E-state index in [4.69, 9.17) is 5.73 Å². The molecule has 0 aromatic heterocycles. The molecule has 3 fully saturated rings. The van der Waals surface area contributed by atoms with Crippen molar-refractivity contribution in [1.82, 2.24) is 5.32 Å². The highest BCUT2D eigenvalue weighted by molar-refractivity contribution is 5.85. The Morgan fingerprint density at radius 3 is 2.44 bits per heavy atom. The first-order valence-corrected chi connectivity index (χ1v) is 9.68. The lowest BCUT2D eigenvalue weighted by Crippen LogP contribution is -2.49. The van der Waals surface area contributed by atoms with Gasteiger partial charge in [0.1, 0.15) is 0 Å². The zero-order valence-corrected chi connectivity index (χ0v) is 16.0. The highest BCUT2D eigenvalue weighted by Crippen LogP contribution is 2.49. The van der Waals surface area contributed by atoms with Crippen molar-refractivity contribution in [3.8, 4) is 0 Å². The lowest BCUT2D eigenvalue weighted by atomic mass is 9.65. The molecule has 1 amide bonds. The third-order valence-electron chi connectivity index (χ3n) is 6.95. The second-order valence-corrected chi connectivity index (χ2v) is 8.51. The summed E-state index contributed by atoms with van der Waals surface area (Å²) in [5.41, 5.74) is 9.33. The molecule has 0 spiro atoms. The minimum atomic E-state index is 0. The molecule has 2 bridgehead atoms. The van der Waals surface area contributed by atoms with E-state index in [1.807, 2.05) is 0 Å². The molecule has 3 aliphatic rings. The molecular formula is C21H31ClN2O. The first kappa shape index (κ1) is 18.7. The fourth-order valence-electron chi connectivity index (χ4n) is 5.26. The maximum atomic E-state index is 12.8. The number of amides is 1. The molecule has 0 saturated heterocycles. The molecule has 4 heteroatoms. The third kappa shape index (κ3) is 3.59. The summed E-state index contributed by atoms with van der Waals surface area (Å²) in [6, 6.07) is 8.97. The Hall–Kier alpha value is -1.06. The highest BCUT2D eigenvalue weighted by atomic mass is 35.5. The molecule has 0 aliphatic heterocycles. The van der Waals surface area contributed by atoms with Crippen molar-refractivity contribution in [3.63, 3.8) is 0 Å². The van der Waals surface area contributed by atoms with Gasteiger partial charge in [0.15, 0.2) is 0 Å². The number of benzene rings is 1. The second kappa shape index (κ2) is 7.28. The fourth-order valence-corrected chi connectivity index (χ4v) is 5.26. The summed E-state index contributed by atoms with van der Waals surface area (Å²) in [6.07, 6.45) is 8.12. The van der Waals surface area contributed by atoms with Crippen molar-refractivity contribution < 1.29 is 4.79 Å². The summed E-state index contributed by atoms with van der Waals surface area (Å²) in [6.45, 7) is 2.98. The Balaban J connectivity index is 0.00000182. The molecule has 138 valence electrons. The Labute approximate surface area is 157 Å². The largest absolute Gasteiger partial charge is 0.355 e. The molecule has 3 nitrogen and oxygen atoms in total. The number of carbonyl (C=O) groups excluding carboxylic acids is 1. The van der Waals surface area contributed by atoms with Crippen molar-refractivity contribution in [2.24, 2.45) is 23.5 Å². The number of hydrogen-bond donors (Lipinski definition) is 2. The van der Waals surface area contributed by atoms with Gasteiger partial charge in [-0.25, -0.2) is 0 Å². The van der Waals surface area contributed by atoms with Crippen LogP contribution in [-0.4, -0.2) is 18.5 Å². The molecular weight excluding hydrogens is 332 g/mol. The first-order valence-electron chi connectivity index (χ1n) is 9.68. The monoisotopic (exact) mass is 362 g/mol. The van der Waals surface area contributed by atoms with Crippen LogP contribution in [0.5, 0.6) is 0 Å². The average Bonchev–Trinajstić information content (AvgIpc) is 3.34. The molecule has 2 atom stereocenters. The number of carbonyl (C=O) groups is 1. The molecule has 0 heterocycles. The normalized spacial score (nSPS) is 32.4. The van der Waals surface area contributed by atoms with Crippen molar-refractivity contribution in [1.29, 1.82) is 0 Å². The third-order valence-corrected chi connectivity index (χ3v) is 6.95. The Morgan fingerprint density at radius 1 is 1.20 bits per heavy atom. The maximum absolute atomic E-state index is 12.8. The fraction of sp³-hybridized carbons (Fsp3) is 0.667. The Kier molecular flexibility index (Phi) is 5.45. The van der Waals surface area contributed by atoms with Crippen LogP contribution in [0.1, 0.15) is 56.1 Å². The van der Waals surface area contributed by atoms with E-state index in [0.29, 0.717) is 17.9 Å². The van der Waals surface area contributed by atoms with E-state index in [0.717, 1.165) is 19.4 Å². The minimum Gasteiger partial charge on any atom is -0.355 e. The van der Waals surface area contributed by atoms with Gasteiger partial charge in [-0.3, -0.25) is 4.79 Å². The number of fused-ring (bicyclic) bond motifs is 2. The Bertz CT molecular complexity index is 614. The van der Waals surface area contributed by atoms with E-state index >= 15 is 0 Å². The van der Waals surface area contributed by atoms with E-state index in [-0.39, 0.29) is 29.6 Å². The number of rotatable bonds is 4. The van der Waals surface area contributed by atoms with Gasteiger partial charge in [0, 0.05) is 23.9 Å². The predicted molar refractivity (Wildman–Crippen MR) is 104 cm³/mol.